The molecule has 0 N–H and O–H groups in total. The number of amides is 2. The Morgan fingerprint density at radius 3 is 1.62 bits per heavy atom. The molecule has 1 rings (SSSR count). The summed E-state index contributed by atoms with van der Waals surface area (Å²) < 4.78 is 0. The van der Waals surface area contributed by atoms with E-state index in [4.69, 9.17) is 5.26 Å². The number of likely N-dealkylation sites (tertiary alicyclic amines) is 1. The van der Waals surface area contributed by atoms with Gasteiger partial charge in [-0.05, 0) is 41.5 Å². The number of carbonyl (C=O) groups is 2. The smallest absolute Gasteiger partial charge is 0.237 e. The summed E-state index contributed by atoms with van der Waals surface area (Å²) in [5, 5.41) is 9.03. The van der Waals surface area contributed by atoms with E-state index in [0.717, 1.165) is 4.90 Å². The molecule has 0 atom stereocenters. The van der Waals surface area contributed by atoms with E-state index < -0.39 is 16.4 Å². The Morgan fingerprint density at radius 1 is 1.06 bits per heavy atom. The molecule has 1 heterocycles. The van der Waals surface area contributed by atoms with Crippen molar-refractivity contribution in [2.45, 2.75) is 47.1 Å². The quantitative estimate of drug-likeness (QED) is 0.634. The molecule has 16 heavy (non-hydrogen) atoms. The third kappa shape index (κ3) is 1.27. The number of rotatable bonds is 1. The van der Waals surface area contributed by atoms with Gasteiger partial charge in [0.1, 0.15) is 5.54 Å². The molecule has 4 heteroatoms. The third-order valence-electron chi connectivity index (χ3n) is 3.87. The Bertz CT molecular complexity index is 374. The van der Waals surface area contributed by atoms with Crippen LogP contribution in [0.3, 0.4) is 0 Å². The van der Waals surface area contributed by atoms with Gasteiger partial charge in [0.05, 0.1) is 16.9 Å². The van der Waals surface area contributed by atoms with Gasteiger partial charge in [-0.2, -0.15) is 5.26 Å². The maximum absolute atomic E-state index is 12.2. The van der Waals surface area contributed by atoms with Crippen LogP contribution in [0.4, 0.5) is 0 Å². The van der Waals surface area contributed by atoms with Gasteiger partial charge in [0, 0.05) is 0 Å². The number of carbonyl (C=O) groups excluding carboxylic acids is 2. The van der Waals surface area contributed by atoms with Crippen molar-refractivity contribution in [2.75, 3.05) is 0 Å². The molecule has 1 aliphatic rings. The molecule has 0 unspecified atom stereocenters. The second-order valence-corrected chi connectivity index (χ2v) is 5.87. The average Bonchev–Trinajstić information content (AvgIpc) is 2.26. The summed E-state index contributed by atoms with van der Waals surface area (Å²) in [7, 11) is 0. The van der Waals surface area contributed by atoms with Crippen molar-refractivity contribution >= 4 is 11.8 Å². The summed E-state index contributed by atoms with van der Waals surface area (Å²) >= 11 is 0. The Morgan fingerprint density at radius 2 is 1.38 bits per heavy atom. The van der Waals surface area contributed by atoms with Gasteiger partial charge in [-0.1, -0.05) is 0 Å². The maximum Gasteiger partial charge on any atom is 0.237 e. The molecule has 0 aromatic rings. The number of imide groups is 1. The van der Waals surface area contributed by atoms with Gasteiger partial charge >= 0.3 is 0 Å². The fourth-order valence-electron chi connectivity index (χ4n) is 1.74. The lowest BCUT2D eigenvalue weighted by molar-refractivity contribution is -0.145. The van der Waals surface area contributed by atoms with Crippen molar-refractivity contribution in [1.82, 2.24) is 4.90 Å². The van der Waals surface area contributed by atoms with Crippen LogP contribution in [0.2, 0.25) is 0 Å². The SMILES string of the molecule is CC(C)(C#N)N1C(=O)C(C)(C)C(C)(C)C1=O. The number of nitriles is 1. The summed E-state index contributed by atoms with van der Waals surface area (Å²) in [6.07, 6.45) is 0. The van der Waals surface area contributed by atoms with Gasteiger partial charge in [0.15, 0.2) is 0 Å². The molecule has 0 radical (unpaired) electrons. The molecule has 0 spiro atoms. The highest BCUT2D eigenvalue weighted by Crippen LogP contribution is 2.49. The van der Waals surface area contributed by atoms with E-state index in [1.54, 1.807) is 41.5 Å². The first kappa shape index (κ1) is 12.7. The Kier molecular flexibility index (Phi) is 2.43. The first-order valence-corrected chi connectivity index (χ1v) is 5.30. The Hall–Kier alpha value is -1.37. The van der Waals surface area contributed by atoms with Crippen molar-refractivity contribution in [3.05, 3.63) is 0 Å². The summed E-state index contributed by atoms with van der Waals surface area (Å²) in [6.45, 7) is 10.2. The van der Waals surface area contributed by atoms with Gasteiger partial charge in [0.25, 0.3) is 0 Å². The minimum absolute atomic E-state index is 0.269. The molecule has 0 bridgehead atoms. The van der Waals surface area contributed by atoms with Crippen molar-refractivity contribution < 1.29 is 9.59 Å². The summed E-state index contributed by atoms with van der Waals surface area (Å²) in [4.78, 5) is 25.5. The lowest BCUT2D eigenvalue weighted by Crippen LogP contribution is -2.48. The number of nitrogens with zero attached hydrogens (tertiary/aromatic N) is 2. The predicted octanol–water partition coefficient (Wildman–Crippen LogP) is 1.71. The Labute approximate surface area is 96.2 Å². The summed E-state index contributed by atoms with van der Waals surface area (Å²) in [6, 6.07) is 2.00. The van der Waals surface area contributed by atoms with Crippen LogP contribution in [0.15, 0.2) is 0 Å². The molecule has 0 aromatic carbocycles. The molecule has 2 amide bonds. The Balaban J connectivity index is 3.36. The number of hydrogen-bond acceptors (Lipinski definition) is 3. The molecule has 1 fully saturated rings. The first-order valence-electron chi connectivity index (χ1n) is 5.30. The predicted molar refractivity (Wildman–Crippen MR) is 59.1 cm³/mol. The molecule has 0 saturated carbocycles. The zero-order valence-corrected chi connectivity index (χ0v) is 10.7. The fourth-order valence-corrected chi connectivity index (χ4v) is 1.74. The van der Waals surface area contributed by atoms with E-state index in [1.165, 1.54) is 0 Å². The normalized spacial score (nSPS) is 23.4. The first-order chi connectivity index (χ1) is 7.00. The summed E-state index contributed by atoms with van der Waals surface area (Å²) in [5.41, 5.74) is -2.62. The third-order valence-corrected chi connectivity index (χ3v) is 3.87. The molecule has 0 aromatic heterocycles. The van der Waals surface area contributed by atoms with Gasteiger partial charge in [0.2, 0.25) is 11.8 Å². The van der Waals surface area contributed by atoms with Crippen molar-refractivity contribution in [3.63, 3.8) is 0 Å². The van der Waals surface area contributed by atoms with E-state index >= 15 is 0 Å². The van der Waals surface area contributed by atoms with Crippen LogP contribution in [0.25, 0.3) is 0 Å². The average molecular weight is 222 g/mol. The minimum Gasteiger partial charge on any atom is -0.274 e. The van der Waals surface area contributed by atoms with E-state index in [2.05, 4.69) is 0 Å². The number of hydrogen-bond donors (Lipinski definition) is 0. The second kappa shape index (κ2) is 3.07. The minimum atomic E-state index is -1.08. The largest absolute Gasteiger partial charge is 0.274 e. The van der Waals surface area contributed by atoms with Crippen LogP contribution in [0, 0.1) is 22.2 Å². The van der Waals surface area contributed by atoms with E-state index in [0.29, 0.717) is 0 Å². The molecule has 88 valence electrons. The van der Waals surface area contributed by atoms with Crippen molar-refractivity contribution in [3.8, 4) is 6.07 Å². The highest BCUT2D eigenvalue weighted by molar-refractivity contribution is 6.09. The molecule has 1 saturated heterocycles. The molecule has 4 nitrogen and oxygen atoms in total. The van der Waals surface area contributed by atoms with Gasteiger partial charge in [-0.3, -0.25) is 14.5 Å². The van der Waals surface area contributed by atoms with Crippen LogP contribution >= 0.6 is 0 Å². The van der Waals surface area contributed by atoms with Gasteiger partial charge in [-0.15, -0.1) is 0 Å². The molecular weight excluding hydrogens is 204 g/mol. The van der Waals surface area contributed by atoms with Crippen LogP contribution < -0.4 is 0 Å². The highest BCUT2D eigenvalue weighted by Gasteiger charge is 2.62. The van der Waals surface area contributed by atoms with Crippen LogP contribution in [-0.2, 0) is 9.59 Å². The van der Waals surface area contributed by atoms with Crippen molar-refractivity contribution in [1.29, 1.82) is 5.26 Å². The maximum atomic E-state index is 12.2. The van der Waals surface area contributed by atoms with Gasteiger partial charge < -0.3 is 0 Å². The van der Waals surface area contributed by atoms with Crippen LogP contribution in [-0.4, -0.2) is 22.3 Å². The van der Waals surface area contributed by atoms with E-state index in [-0.39, 0.29) is 11.8 Å². The van der Waals surface area contributed by atoms with E-state index in [1.807, 2.05) is 6.07 Å². The summed E-state index contributed by atoms with van der Waals surface area (Å²) in [5.74, 6) is -0.539. The highest BCUT2D eigenvalue weighted by atomic mass is 16.2. The second-order valence-electron chi connectivity index (χ2n) is 5.87. The zero-order chi connectivity index (χ0) is 12.9. The van der Waals surface area contributed by atoms with Crippen molar-refractivity contribution in [2.24, 2.45) is 10.8 Å². The fraction of sp³-hybridized carbons (Fsp3) is 0.750. The lowest BCUT2D eigenvalue weighted by Gasteiger charge is -2.28. The molecule has 1 aliphatic heterocycles. The van der Waals surface area contributed by atoms with Crippen LogP contribution in [0.1, 0.15) is 41.5 Å². The molecular formula is C12H18N2O2. The van der Waals surface area contributed by atoms with Gasteiger partial charge in [-0.25, -0.2) is 0 Å². The lowest BCUT2D eigenvalue weighted by atomic mass is 9.70. The monoisotopic (exact) mass is 222 g/mol. The molecule has 0 aliphatic carbocycles. The zero-order valence-electron chi connectivity index (χ0n) is 10.7. The van der Waals surface area contributed by atoms with Crippen LogP contribution in [0.5, 0.6) is 0 Å². The topological polar surface area (TPSA) is 61.2 Å². The standard InChI is InChI=1S/C12H18N2O2/c1-10(2,7-13)14-8(15)11(3,4)12(5,6)9(14)16/h1-6H3. The van der Waals surface area contributed by atoms with E-state index in [9.17, 15) is 9.59 Å².